The highest BCUT2D eigenvalue weighted by Gasteiger charge is 2.47. The number of nitriles is 1. The van der Waals surface area contributed by atoms with Crippen molar-refractivity contribution in [2.45, 2.75) is 50.0 Å². The van der Waals surface area contributed by atoms with Crippen molar-refractivity contribution in [2.24, 2.45) is 5.92 Å². The van der Waals surface area contributed by atoms with Gasteiger partial charge in [-0.15, -0.1) is 0 Å². The minimum absolute atomic E-state index is 0.120. The Bertz CT molecular complexity index is 1490. The third kappa shape index (κ3) is 5.82. The van der Waals surface area contributed by atoms with E-state index in [0.29, 0.717) is 61.7 Å². The Morgan fingerprint density at radius 1 is 1.15 bits per heavy atom. The van der Waals surface area contributed by atoms with Crippen LogP contribution in [0.4, 0.5) is 10.1 Å². The summed E-state index contributed by atoms with van der Waals surface area (Å²) in [5, 5.41) is 12.8. The van der Waals surface area contributed by atoms with Crippen LogP contribution in [0.15, 0.2) is 46.9 Å². The number of hydrogen-bond donors (Lipinski definition) is 3. The Balaban J connectivity index is 1.36. The number of halogens is 2. The molecule has 3 aromatic rings. The molecule has 6 rings (SSSR count). The molecule has 2 aliphatic carbocycles. The SMILES string of the molecule is N#CC1(NC(=O)[C@@H]2CCCC[C@H]2c2oc(-c3ccc(Cl)cc3F)nc2-c2ccc(N3CCS(O)(O)CC3)cc2)CC1. The van der Waals surface area contributed by atoms with Crippen LogP contribution in [0.2, 0.25) is 5.02 Å². The van der Waals surface area contributed by atoms with E-state index >= 15 is 0 Å². The zero-order valence-electron chi connectivity index (χ0n) is 22.5. The predicted octanol–water partition coefficient (Wildman–Crippen LogP) is 6.82. The van der Waals surface area contributed by atoms with Gasteiger partial charge >= 0.3 is 0 Å². The van der Waals surface area contributed by atoms with Crippen molar-refractivity contribution in [3.8, 4) is 28.8 Å². The molecule has 1 aromatic heterocycles. The number of amides is 1. The summed E-state index contributed by atoms with van der Waals surface area (Å²) < 4.78 is 41.2. The Morgan fingerprint density at radius 3 is 2.51 bits per heavy atom. The molecule has 216 valence electrons. The lowest BCUT2D eigenvalue weighted by molar-refractivity contribution is -0.127. The van der Waals surface area contributed by atoms with E-state index in [0.717, 1.165) is 24.1 Å². The highest BCUT2D eigenvalue weighted by Crippen LogP contribution is 2.46. The highest BCUT2D eigenvalue weighted by atomic mass is 35.5. The maximum Gasteiger partial charge on any atom is 0.229 e. The van der Waals surface area contributed by atoms with Crippen molar-refractivity contribution in [3.05, 3.63) is 59.1 Å². The van der Waals surface area contributed by atoms with Gasteiger partial charge in [0.15, 0.2) is 0 Å². The quantitative estimate of drug-likeness (QED) is 0.284. The molecule has 0 radical (unpaired) electrons. The van der Waals surface area contributed by atoms with Gasteiger partial charge in [0.1, 0.15) is 22.8 Å². The molecule has 41 heavy (non-hydrogen) atoms. The van der Waals surface area contributed by atoms with E-state index in [-0.39, 0.29) is 28.3 Å². The number of rotatable bonds is 6. The van der Waals surface area contributed by atoms with E-state index in [9.17, 15) is 23.6 Å². The zero-order chi connectivity index (χ0) is 28.8. The number of aromatic nitrogens is 1. The molecule has 0 spiro atoms. The largest absolute Gasteiger partial charge is 0.440 e. The molecule has 1 saturated heterocycles. The van der Waals surface area contributed by atoms with Crippen LogP contribution < -0.4 is 10.2 Å². The van der Waals surface area contributed by atoms with Crippen LogP contribution in [0, 0.1) is 23.1 Å². The first-order valence-electron chi connectivity index (χ1n) is 14.0. The Morgan fingerprint density at radius 2 is 1.85 bits per heavy atom. The van der Waals surface area contributed by atoms with Crippen LogP contribution in [0.3, 0.4) is 0 Å². The lowest BCUT2D eigenvalue weighted by Crippen LogP contribution is -2.42. The number of nitrogens with zero attached hydrogens (tertiary/aromatic N) is 3. The number of carbonyl (C=O) groups is 1. The summed E-state index contributed by atoms with van der Waals surface area (Å²) in [6, 6.07) is 14.4. The van der Waals surface area contributed by atoms with E-state index < -0.39 is 27.9 Å². The van der Waals surface area contributed by atoms with Gasteiger partial charge in [0, 0.05) is 41.2 Å². The standard InChI is InChI=1S/C30H32ClFN4O4S/c31-20-7-10-24(25(32)17-20)29-34-26(19-5-8-21(9-6-19)36-13-15-41(38,39)16-14-36)27(40-29)22-3-1-2-4-23(22)28(37)35-30(18-33)11-12-30/h5-10,17,22-23,38-39H,1-4,11-16H2,(H,35,37)/t22-,23-/m1/s1. The normalized spacial score (nSPS) is 23.8. The van der Waals surface area contributed by atoms with Gasteiger partial charge in [-0.3, -0.25) is 13.9 Å². The summed E-state index contributed by atoms with van der Waals surface area (Å²) in [5.74, 6) is -0.0288. The monoisotopic (exact) mass is 598 g/mol. The molecule has 1 aliphatic heterocycles. The fourth-order valence-corrected chi connectivity index (χ4v) is 7.25. The van der Waals surface area contributed by atoms with Gasteiger partial charge in [0.25, 0.3) is 0 Å². The molecule has 2 heterocycles. The fourth-order valence-electron chi connectivity index (χ4n) is 5.86. The maximum absolute atomic E-state index is 15.0. The number of nitrogens with one attached hydrogen (secondary N) is 1. The number of oxazole rings is 1. The molecule has 2 aromatic carbocycles. The van der Waals surface area contributed by atoms with Crippen LogP contribution in [0.25, 0.3) is 22.7 Å². The lowest BCUT2D eigenvalue weighted by Gasteiger charge is -2.41. The second kappa shape index (κ2) is 11.0. The van der Waals surface area contributed by atoms with Crippen molar-refractivity contribution in [1.82, 2.24) is 10.3 Å². The molecule has 8 nitrogen and oxygen atoms in total. The number of carbonyl (C=O) groups excluding carboxylic acids is 1. The van der Waals surface area contributed by atoms with Gasteiger partial charge in [-0.2, -0.15) is 15.9 Å². The van der Waals surface area contributed by atoms with Gasteiger partial charge in [-0.05, 0) is 56.0 Å². The summed E-state index contributed by atoms with van der Waals surface area (Å²) in [7, 11) is -2.50. The van der Waals surface area contributed by atoms with Crippen LogP contribution in [0.5, 0.6) is 0 Å². The molecule has 0 unspecified atom stereocenters. The average Bonchev–Trinajstić information content (AvgIpc) is 3.60. The Hall–Kier alpha value is -3.10. The third-order valence-corrected chi connectivity index (χ3v) is 10.4. The first kappa shape index (κ1) is 28.0. The van der Waals surface area contributed by atoms with Gasteiger partial charge in [0.2, 0.25) is 11.8 Å². The summed E-state index contributed by atoms with van der Waals surface area (Å²) in [6.07, 6.45) is 4.49. The number of anilines is 1. The predicted molar refractivity (Wildman–Crippen MR) is 158 cm³/mol. The number of hydrogen-bond acceptors (Lipinski definition) is 7. The van der Waals surface area contributed by atoms with Gasteiger partial charge < -0.3 is 14.6 Å². The summed E-state index contributed by atoms with van der Waals surface area (Å²) >= 11 is 5.99. The smallest absolute Gasteiger partial charge is 0.229 e. The Labute approximate surface area is 244 Å². The molecular weight excluding hydrogens is 567 g/mol. The summed E-state index contributed by atoms with van der Waals surface area (Å²) in [5.41, 5.74) is 1.70. The molecule has 1 amide bonds. The van der Waals surface area contributed by atoms with Crippen LogP contribution in [-0.4, -0.2) is 50.1 Å². The van der Waals surface area contributed by atoms with Crippen molar-refractivity contribution in [3.63, 3.8) is 0 Å². The van der Waals surface area contributed by atoms with Gasteiger partial charge in [-0.25, -0.2) is 9.37 Å². The summed E-state index contributed by atoms with van der Waals surface area (Å²) in [6.45, 7) is 1.11. The molecule has 2 atom stereocenters. The second-order valence-corrected chi connectivity index (χ2v) is 14.1. The van der Waals surface area contributed by atoms with Crippen molar-refractivity contribution < 1.29 is 22.7 Å². The molecule has 3 fully saturated rings. The third-order valence-electron chi connectivity index (χ3n) is 8.46. The van der Waals surface area contributed by atoms with Gasteiger partial charge in [-0.1, -0.05) is 36.6 Å². The van der Waals surface area contributed by atoms with Gasteiger partial charge in [0.05, 0.1) is 23.1 Å². The van der Waals surface area contributed by atoms with Crippen molar-refractivity contribution in [1.29, 1.82) is 5.26 Å². The second-order valence-electron chi connectivity index (χ2n) is 11.3. The van der Waals surface area contributed by atoms with E-state index in [4.69, 9.17) is 21.0 Å². The van der Waals surface area contributed by atoms with Crippen LogP contribution >= 0.6 is 22.2 Å². The molecule has 3 aliphatic rings. The minimum atomic E-state index is -2.50. The van der Waals surface area contributed by atoms with Crippen LogP contribution in [-0.2, 0) is 4.79 Å². The number of benzene rings is 2. The maximum atomic E-state index is 15.0. The molecular formula is C30H32ClFN4O4S. The van der Waals surface area contributed by atoms with E-state index in [2.05, 4.69) is 16.3 Å². The lowest BCUT2D eigenvalue weighted by atomic mass is 9.76. The van der Waals surface area contributed by atoms with Crippen molar-refractivity contribution >= 4 is 33.8 Å². The molecule has 0 bridgehead atoms. The Kier molecular flexibility index (Phi) is 7.49. The first-order chi connectivity index (χ1) is 19.7. The topological polar surface area (TPSA) is 123 Å². The molecule has 11 heteroatoms. The molecule has 2 saturated carbocycles. The summed E-state index contributed by atoms with van der Waals surface area (Å²) in [4.78, 5) is 20.3. The minimum Gasteiger partial charge on any atom is -0.440 e. The van der Waals surface area contributed by atoms with E-state index in [1.807, 2.05) is 24.3 Å². The fraction of sp³-hybridized carbons (Fsp3) is 0.433. The van der Waals surface area contributed by atoms with Crippen molar-refractivity contribution in [2.75, 3.05) is 29.5 Å². The average molecular weight is 599 g/mol. The first-order valence-corrected chi connectivity index (χ1v) is 16.2. The zero-order valence-corrected chi connectivity index (χ0v) is 24.1. The van der Waals surface area contributed by atoms with Crippen LogP contribution in [0.1, 0.15) is 50.2 Å². The highest BCUT2D eigenvalue weighted by molar-refractivity contribution is 8.24. The molecule has 3 N–H and O–H groups in total. The van der Waals surface area contributed by atoms with E-state index in [1.165, 1.54) is 12.1 Å². The van der Waals surface area contributed by atoms with E-state index in [1.54, 1.807) is 6.07 Å².